The van der Waals surface area contributed by atoms with Crippen molar-refractivity contribution in [2.24, 2.45) is 5.41 Å². The molecule has 0 fully saturated rings. The number of rotatable bonds is 10. The average molecular weight is 582 g/mol. The predicted molar refractivity (Wildman–Crippen MR) is 185 cm³/mol. The number of carbonyl (C=O) groups is 2. The molecule has 0 heterocycles. The highest BCUT2D eigenvalue weighted by Crippen LogP contribution is 2.33. The number of nitrogens with zero attached hydrogens (tertiary/aromatic N) is 1. The lowest BCUT2D eigenvalue weighted by atomic mass is 9.94. The van der Waals surface area contributed by atoms with E-state index in [1.807, 2.05) is 72.5 Å². The molecule has 3 aromatic rings. The Morgan fingerprint density at radius 2 is 1.19 bits per heavy atom. The van der Waals surface area contributed by atoms with E-state index < -0.39 is 0 Å². The summed E-state index contributed by atoms with van der Waals surface area (Å²) < 4.78 is 0. The summed E-state index contributed by atoms with van der Waals surface area (Å²) in [5.74, 6) is 0.196. The molecule has 3 aromatic carbocycles. The maximum absolute atomic E-state index is 13.6. The van der Waals surface area contributed by atoms with E-state index in [2.05, 4.69) is 86.2 Å². The first-order valence-corrected chi connectivity index (χ1v) is 15.6. The van der Waals surface area contributed by atoms with Crippen LogP contribution in [0.25, 0.3) is 0 Å². The van der Waals surface area contributed by atoms with E-state index in [4.69, 9.17) is 0 Å². The Kier molecular flexibility index (Phi) is 16.3. The lowest BCUT2D eigenvalue weighted by Gasteiger charge is -2.34. The van der Waals surface area contributed by atoms with Gasteiger partial charge in [-0.3, -0.25) is 9.59 Å². The summed E-state index contributed by atoms with van der Waals surface area (Å²) in [7, 11) is 0. The molecule has 232 valence electrons. The molecule has 1 amide bonds. The average Bonchev–Trinajstić information content (AvgIpc) is 2.96. The number of allylic oxidation sites excluding steroid dienone is 2. The zero-order valence-electron chi connectivity index (χ0n) is 28.5. The standard InChI is InChI=1S/C25H31NO.C10H12O.C5H12/c1-6-14-20(5)23(7-2)25(27)26(19(3)4)24(21-15-10-8-11-16-21)22-17-12-9-13-18-22;1-3-9-4-6-10(7-5-9)8(2)11;1-5(2,3)4/h8-13,15-18,24H,3,6-7,14H2,1-2,4-5H3;4-7H,3H2,1-2H3;1-4H3/b23-20+;;. The van der Waals surface area contributed by atoms with E-state index in [9.17, 15) is 9.59 Å². The fraction of sp³-hybridized carbons (Fsp3) is 0.400. The Hall–Kier alpha value is -3.72. The Labute approximate surface area is 262 Å². The lowest BCUT2D eigenvalue weighted by Crippen LogP contribution is -2.35. The largest absolute Gasteiger partial charge is 0.302 e. The maximum atomic E-state index is 13.6. The molecule has 0 atom stereocenters. The second kappa shape index (κ2) is 18.7. The van der Waals surface area contributed by atoms with Crippen LogP contribution in [0.1, 0.15) is 122 Å². The monoisotopic (exact) mass is 581 g/mol. The normalized spacial score (nSPS) is 11.3. The van der Waals surface area contributed by atoms with E-state index in [1.165, 1.54) is 11.1 Å². The molecule has 0 aliphatic heterocycles. The number of carbonyl (C=O) groups excluding carboxylic acids is 2. The van der Waals surface area contributed by atoms with Crippen LogP contribution in [0.3, 0.4) is 0 Å². The minimum absolute atomic E-state index is 0.0636. The summed E-state index contributed by atoms with van der Waals surface area (Å²) in [6.07, 6.45) is 3.74. The van der Waals surface area contributed by atoms with Crippen LogP contribution in [-0.4, -0.2) is 16.6 Å². The van der Waals surface area contributed by atoms with Gasteiger partial charge in [-0.25, -0.2) is 0 Å². The maximum Gasteiger partial charge on any atom is 0.254 e. The molecular formula is C40H55NO2. The molecule has 3 nitrogen and oxygen atoms in total. The van der Waals surface area contributed by atoms with E-state index in [-0.39, 0.29) is 17.7 Å². The zero-order chi connectivity index (χ0) is 32.6. The van der Waals surface area contributed by atoms with E-state index in [1.54, 1.807) is 6.92 Å². The van der Waals surface area contributed by atoms with Crippen LogP contribution in [0.2, 0.25) is 0 Å². The zero-order valence-corrected chi connectivity index (χ0v) is 28.5. The molecule has 0 aliphatic carbocycles. The number of ketones is 1. The highest BCUT2D eigenvalue weighted by Gasteiger charge is 2.29. The quantitative estimate of drug-likeness (QED) is 0.176. The van der Waals surface area contributed by atoms with Crippen LogP contribution >= 0.6 is 0 Å². The van der Waals surface area contributed by atoms with Crippen molar-refractivity contribution in [3.05, 3.63) is 131 Å². The number of hydrogen-bond donors (Lipinski definition) is 0. The molecule has 0 bridgehead atoms. The Morgan fingerprint density at radius 1 is 0.744 bits per heavy atom. The van der Waals surface area contributed by atoms with Crippen LogP contribution in [-0.2, 0) is 11.2 Å². The van der Waals surface area contributed by atoms with E-state index in [0.717, 1.165) is 53.6 Å². The number of Topliss-reactive ketones (excluding diaryl/α,β-unsaturated/α-hetero) is 1. The van der Waals surface area contributed by atoms with Crippen molar-refractivity contribution in [1.82, 2.24) is 4.90 Å². The van der Waals surface area contributed by atoms with Gasteiger partial charge in [0, 0.05) is 16.8 Å². The van der Waals surface area contributed by atoms with Gasteiger partial charge in [0.15, 0.2) is 5.78 Å². The van der Waals surface area contributed by atoms with Gasteiger partial charge in [-0.05, 0) is 62.1 Å². The van der Waals surface area contributed by atoms with Crippen molar-refractivity contribution in [2.45, 2.75) is 101 Å². The third kappa shape index (κ3) is 13.4. The highest BCUT2D eigenvalue weighted by molar-refractivity contribution is 5.96. The molecule has 0 saturated heterocycles. The summed E-state index contributed by atoms with van der Waals surface area (Å²) in [6, 6.07) is 28.0. The molecule has 0 saturated carbocycles. The summed E-state index contributed by atoms with van der Waals surface area (Å²) in [4.78, 5) is 26.3. The van der Waals surface area contributed by atoms with Crippen LogP contribution < -0.4 is 0 Å². The van der Waals surface area contributed by atoms with Gasteiger partial charge in [0.05, 0.1) is 6.04 Å². The molecule has 0 aliphatic rings. The Bertz CT molecular complexity index is 1250. The topological polar surface area (TPSA) is 37.4 Å². The number of benzene rings is 3. The third-order valence-corrected chi connectivity index (χ3v) is 6.64. The van der Waals surface area contributed by atoms with Gasteiger partial charge in [0.25, 0.3) is 5.91 Å². The van der Waals surface area contributed by atoms with Crippen molar-refractivity contribution in [1.29, 1.82) is 0 Å². The van der Waals surface area contributed by atoms with E-state index >= 15 is 0 Å². The molecule has 3 rings (SSSR count). The van der Waals surface area contributed by atoms with Crippen molar-refractivity contribution in [2.75, 3.05) is 0 Å². The smallest absolute Gasteiger partial charge is 0.254 e. The first kappa shape index (κ1) is 37.3. The van der Waals surface area contributed by atoms with E-state index in [0.29, 0.717) is 5.41 Å². The molecular weight excluding hydrogens is 526 g/mol. The van der Waals surface area contributed by atoms with Gasteiger partial charge in [0.1, 0.15) is 0 Å². The van der Waals surface area contributed by atoms with Gasteiger partial charge in [-0.2, -0.15) is 0 Å². The fourth-order valence-corrected chi connectivity index (χ4v) is 4.55. The van der Waals surface area contributed by atoms with Gasteiger partial charge >= 0.3 is 0 Å². The van der Waals surface area contributed by atoms with Crippen molar-refractivity contribution in [3.63, 3.8) is 0 Å². The summed E-state index contributed by atoms with van der Waals surface area (Å²) in [5.41, 5.74) is 7.57. The minimum atomic E-state index is -0.187. The fourth-order valence-electron chi connectivity index (χ4n) is 4.55. The number of amides is 1. The summed E-state index contributed by atoms with van der Waals surface area (Å²) >= 11 is 0. The molecule has 43 heavy (non-hydrogen) atoms. The van der Waals surface area contributed by atoms with Crippen molar-refractivity contribution < 1.29 is 9.59 Å². The Balaban J connectivity index is 0.000000473. The first-order chi connectivity index (χ1) is 20.2. The van der Waals surface area contributed by atoms with Gasteiger partial charge in [-0.15, -0.1) is 0 Å². The number of aryl methyl sites for hydroxylation is 1. The SMILES string of the molecule is C=C(C)N(C(=O)/C(CC)=C(\C)CCC)C(c1ccccc1)c1ccccc1.CC(C)(C)C.CCc1ccc(C(C)=O)cc1. The number of hydrogen-bond acceptors (Lipinski definition) is 2. The molecule has 0 N–H and O–H groups in total. The molecule has 3 heteroatoms. The van der Waals surface area contributed by atoms with Gasteiger partial charge < -0.3 is 4.90 Å². The first-order valence-electron chi connectivity index (χ1n) is 15.6. The summed E-state index contributed by atoms with van der Waals surface area (Å²) in [5, 5.41) is 0. The van der Waals surface area contributed by atoms with Crippen molar-refractivity contribution >= 4 is 11.7 Å². The Morgan fingerprint density at radius 3 is 1.51 bits per heavy atom. The molecule has 0 aromatic heterocycles. The second-order valence-electron chi connectivity index (χ2n) is 12.6. The van der Waals surface area contributed by atoms with Crippen LogP contribution in [0.15, 0.2) is 108 Å². The van der Waals surface area contributed by atoms with Crippen molar-refractivity contribution in [3.8, 4) is 0 Å². The lowest BCUT2D eigenvalue weighted by molar-refractivity contribution is -0.126. The minimum Gasteiger partial charge on any atom is -0.302 e. The van der Waals surface area contributed by atoms with Crippen LogP contribution in [0, 0.1) is 5.41 Å². The predicted octanol–water partition coefficient (Wildman–Crippen LogP) is 11.2. The van der Waals surface area contributed by atoms with Gasteiger partial charge in [-0.1, -0.05) is 152 Å². The second-order valence-corrected chi connectivity index (χ2v) is 12.6. The highest BCUT2D eigenvalue weighted by atomic mass is 16.2. The van der Waals surface area contributed by atoms with Crippen LogP contribution in [0.4, 0.5) is 0 Å². The molecule has 0 radical (unpaired) electrons. The third-order valence-electron chi connectivity index (χ3n) is 6.64. The molecule has 0 unspecified atom stereocenters. The van der Waals surface area contributed by atoms with Gasteiger partial charge in [0.2, 0.25) is 0 Å². The molecule has 0 spiro atoms. The summed E-state index contributed by atoms with van der Waals surface area (Å²) in [6.45, 7) is 24.8. The van der Waals surface area contributed by atoms with Crippen LogP contribution in [0.5, 0.6) is 0 Å².